The van der Waals surface area contributed by atoms with Gasteiger partial charge in [-0.3, -0.25) is 14.5 Å². The Balaban J connectivity index is 2.18. The lowest BCUT2D eigenvalue weighted by molar-refractivity contribution is -0.136. The predicted molar refractivity (Wildman–Crippen MR) is 105 cm³/mol. The second-order valence-corrected chi connectivity index (χ2v) is 8.69. The molecule has 5 nitrogen and oxygen atoms in total. The van der Waals surface area contributed by atoms with Crippen molar-refractivity contribution in [1.29, 1.82) is 0 Å². The van der Waals surface area contributed by atoms with Crippen molar-refractivity contribution in [3.8, 4) is 0 Å². The molecule has 6 heteroatoms. The van der Waals surface area contributed by atoms with Crippen LogP contribution in [0.5, 0.6) is 0 Å². The molecule has 0 N–H and O–H groups in total. The molecule has 2 aromatic carbocycles. The van der Waals surface area contributed by atoms with Gasteiger partial charge in [0.1, 0.15) is 0 Å². The zero-order chi connectivity index (χ0) is 19.8. The number of rotatable bonds is 5. The van der Waals surface area contributed by atoms with Gasteiger partial charge in [0.05, 0.1) is 16.0 Å². The molecule has 3 rings (SSSR count). The van der Waals surface area contributed by atoms with E-state index in [1.807, 2.05) is 38.1 Å². The zero-order valence-corrected chi connectivity index (χ0v) is 16.3. The van der Waals surface area contributed by atoms with Crippen molar-refractivity contribution in [3.63, 3.8) is 0 Å². The Bertz CT molecular complexity index is 1030. The molecule has 0 unspecified atom stereocenters. The summed E-state index contributed by atoms with van der Waals surface area (Å²) in [5, 5.41) is 0. The smallest absolute Gasteiger partial charge is 0.262 e. The quantitative estimate of drug-likeness (QED) is 0.744. The monoisotopic (exact) mass is 383 g/mol. The first-order valence-corrected chi connectivity index (χ1v) is 10.6. The fraction of sp³-hybridized carbons (Fsp3) is 0.238. The van der Waals surface area contributed by atoms with E-state index in [-0.39, 0.29) is 16.7 Å². The van der Waals surface area contributed by atoms with Crippen molar-refractivity contribution in [2.24, 2.45) is 0 Å². The maximum Gasteiger partial charge on any atom is 0.262 e. The first kappa shape index (κ1) is 19.0. The van der Waals surface area contributed by atoms with Gasteiger partial charge in [-0.05, 0) is 36.6 Å². The molecule has 140 valence electrons. The summed E-state index contributed by atoms with van der Waals surface area (Å²) in [4.78, 5) is 27.4. The maximum absolute atomic E-state index is 13.0. The first-order valence-electron chi connectivity index (χ1n) is 8.72. The molecule has 0 saturated heterocycles. The van der Waals surface area contributed by atoms with E-state index in [1.165, 1.54) is 17.0 Å². The number of imide groups is 1. The van der Waals surface area contributed by atoms with Crippen molar-refractivity contribution in [3.05, 3.63) is 65.2 Å². The van der Waals surface area contributed by atoms with Crippen LogP contribution in [0.15, 0.2) is 53.4 Å². The molecular formula is C21H21NO4S. The fourth-order valence-electron chi connectivity index (χ4n) is 3.13. The van der Waals surface area contributed by atoms with E-state index in [0.717, 1.165) is 11.8 Å². The number of amides is 2. The van der Waals surface area contributed by atoms with Crippen molar-refractivity contribution in [2.45, 2.75) is 25.2 Å². The third-order valence-electron chi connectivity index (χ3n) is 4.53. The molecule has 0 aliphatic carbocycles. The molecule has 2 aromatic rings. The number of hydrogen-bond acceptors (Lipinski definition) is 4. The molecule has 0 atom stereocenters. The molecule has 0 saturated carbocycles. The largest absolute Gasteiger partial charge is 0.274 e. The molecule has 0 spiro atoms. The molecule has 0 bridgehead atoms. The summed E-state index contributed by atoms with van der Waals surface area (Å²) in [6.07, 6.45) is 1.80. The lowest BCUT2D eigenvalue weighted by Gasteiger charge is -2.13. The maximum atomic E-state index is 13.0. The summed E-state index contributed by atoms with van der Waals surface area (Å²) >= 11 is 0. The summed E-state index contributed by atoms with van der Waals surface area (Å²) in [6.45, 7) is 4.21. The van der Waals surface area contributed by atoms with Gasteiger partial charge in [-0.1, -0.05) is 48.9 Å². The van der Waals surface area contributed by atoms with Gasteiger partial charge in [0.15, 0.2) is 9.84 Å². The summed E-state index contributed by atoms with van der Waals surface area (Å²) in [6, 6.07) is 13.5. The highest BCUT2D eigenvalue weighted by Crippen LogP contribution is 2.36. The SMILES string of the molecule is CCCN1C(=O)C(c2ccc(C)cc2)=C(c2ccc(S(C)(=O)=O)cc2)C1=O. The summed E-state index contributed by atoms with van der Waals surface area (Å²) in [5.74, 6) is -0.655. The fourth-order valence-corrected chi connectivity index (χ4v) is 3.76. The number of benzene rings is 2. The van der Waals surface area contributed by atoms with Crippen LogP contribution in [0.3, 0.4) is 0 Å². The number of carbonyl (C=O) groups excluding carboxylic acids is 2. The van der Waals surface area contributed by atoms with Crippen LogP contribution in [-0.2, 0) is 19.4 Å². The molecule has 0 radical (unpaired) electrons. The minimum absolute atomic E-state index is 0.172. The summed E-state index contributed by atoms with van der Waals surface area (Å²) in [7, 11) is -3.34. The van der Waals surface area contributed by atoms with Crippen LogP contribution in [0.2, 0.25) is 0 Å². The molecule has 1 aliphatic heterocycles. The summed E-state index contributed by atoms with van der Waals surface area (Å²) < 4.78 is 23.4. The lowest BCUT2D eigenvalue weighted by Crippen LogP contribution is -2.32. The highest BCUT2D eigenvalue weighted by Gasteiger charge is 2.38. The average Bonchev–Trinajstić information content (AvgIpc) is 2.87. The van der Waals surface area contributed by atoms with Gasteiger partial charge < -0.3 is 0 Å². The highest BCUT2D eigenvalue weighted by atomic mass is 32.2. The van der Waals surface area contributed by atoms with Crippen LogP contribution in [0, 0.1) is 6.92 Å². The third-order valence-corrected chi connectivity index (χ3v) is 5.66. The molecule has 1 aliphatic rings. The van der Waals surface area contributed by atoms with Crippen LogP contribution >= 0.6 is 0 Å². The Morgan fingerprint density at radius 3 is 1.67 bits per heavy atom. The average molecular weight is 383 g/mol. The van der Waals surface area contributed by atoms with Gasteiger partial charge in [0.2, 0.25) is 0 Å². The van der Waals surface area contributed by atoms with Crippen LogP contribution in [-0.4, -0.2) is 37.9 Å². The van der Waals surface area contributed by atoms with Gasteiger partial charge in [-0.2, -0.15) is 0 Å². The van der Waals surface area contributed by atoms with Gasteiger partial charge in [0.25, 0.3) is 11.8 Å². The number of nitrogens with zero attached hydrogens (tertiary/aromatic N) is 1. The zero-order valence-electron chi connectivity index (χ0n) is 15.5. The van der Waals surface area contributed by atoms with Crippen molar-refractivity contribution in [1.82, 2.24) is 4.90 Å². The standard InChI is InChI=1S/C21H21NO4S/c1-4-13-22-20(23)18(15-7-5-14(2)6-8-15)19(21(22)24)16-9-11-17(12-10-16)27(3,25)26/h5-12H,4,13H2,1-3H3. The van der Waals surface area contributed by atoms with E-state index in [4.69, 9.17) is 0 Å². The van der Waals surface area contributed by atoms with Gasteiger partial charge in [-0.15, -0.1) is 0 Å². The van der Waals surface area contributed by atoms with Crippen LogP contribution in [0.1, 0.15) is 30.0 Å². The van der Waals surface area contributed by atoms with Crippen molar-refractivity contribution < 1.29 is 18.0 Å². The normalized spacial score (nSPS) is 15.0. The predicted octanol–water partition coefficient (Wildman–Crippen LogP) is 3.09. The first-order chi connectivity index (χ1) is 12.7. The number of hydrogen-bond donors (Lipinski definition) is 0. The molecule has 2 amide bonds. The van der Waals surface area contributed by atoms with E-state index >= 15 is 0 Å². The highest BCUT2D eigenvalue weighted by molar-refractivity contribution is 7.90. The van der Waals surface area contributed by atoms with Crippen molar-refractivity contribution >= 4 is 32.8 Å². The van der Waals surface area contributed by atoms with E-state index in [2.05, 4.69) is 0 Å². The van der Waals surface area contributed by atoms with Gasteiger partial charge in [0, 0.05) is 12.8 Å². The summed E-state index contributed by atoms with van der Waals surface area (Å²) in [5.41, 5.74) is 2.95. The lowest BCUT2D eigenvalue weighted by atomic mass is 9.96. The van der Waals surface area contributed by atoms with Gasteiger partial charge >= 0.3 is 0 Å². The van der Waals surface area contributed by atoms with E-state index in [9.17, 15) is 18.0 Å². The molecule has 0 fully saturated rings. The third kappa shape index (κ3) is 3.57. The van der Waals surface area contributed by atoms with Crippen LogP contribution in [0.25, 0.3) is 11.1 Å². The number of carbonyl (C=O) groups is 2. The minimum atomic E-state index is -3.34. The Morgan fingerprint density at radius 2 is 1.26 bits per heavy atom. The van der Waals surface area contributed by atoms with E-state index in [1.54, 1.807) is 12.1 Å². The Kier molecular flexibility index (Phi) is 5.02. The molecule has 1 heterocycles. The second kappa shape index (κ2) is 7.12. The Hall–Kier alpha value is -2.73. The Labute approximate surface area is 159 Å². The Morgan fingerprint density at radius 1 is 0.815 bits per heavy atom. The molecule has 27 heavy (non-hydrogen) atoms. The van der Waals surface area contributed by atoms with Crippen LogP contribution in [0.4, 0.5) is 0 Å². The molecule has 0 aromatic heterocycles. The number of sulfone groups is 1. The topological polar surface area (TPSA) is 71.5 Å². The second-order valence-electron chi connectivity index (χ2n) is 6.67. The van der Waals surface area contributed by atoms with Gasteiger partial charge in [-0.25, -0.2) is 8.42 Å². The van der Waals surface area contributed by atoms with E-state index < -0.39 is 9.84 Å². The van der Waals surface area contributed by atoms with Crippen LogP contribution < -0.4 is 0 Å². The minimum Gasteiger partial charge on any atom is -0.274 e. The van der Waals surface area contributed by atoms with Crippen molar-refractivity contribution in [2.75, 3.05) is 12.8 Å². The van der Waals surface area contributed by atoms with E-state index in [0.29, 0.717) is 35.2 Å². The molecular weight excluding hydrogens is 362 g/mol. The number of aryl methyl sites for hydroxylation is 1.